The van der Waals surface area contributed by atoms with Crippen molar-refractivity contribution in [2.75, 3.05) is 36.5 Å². The second-order valence-electron chi connectivity index (χ2n) is 9.95. The lowest BCUT2D eigenvalue weighted by atomic mass is 9.95. The van der Waals surface area contributed by atoms with Crippen LogP contribution in [0.3, 0.4) is 0 Å². The maximum absolute atomic E-state index is 13.9. The molecule has 1 fully saturated rings. The molecule has 3 amide bonds. The Morgan fingerprint density at radius 3 is 2.65 bits per heavy atom. The number of carbonyl (C=O) groups excluding carboxylic acids is 2. The van der Waals surface area contributed by atoms with E-state index in [-0.39, 0.29) is 23.2 Å². The van der Waals surface area contributed by atoms with E-state index >= 15 is 0 Å². The molecule has 204 valence electrons. The van der Waals surface area contributed by atoms with Crippen LogP contribution in [0.25, 0.3) is 10.9 Å². The number of nitrogens with two attached hydrogens (primary N) is 1. The van der Waals surface area contributed by atoms with Gasteiger partial charge >= 0.3 is 6.03 Å². The number of hydrogen-bond donors (Lipinski definition) is 2. The molecule has 1 saturated heterocycles. The van der Waals surface area contributed by atoms with Crippen molar-refractivity contribution in [3.05, 3.63) is 76.7 Å². The highest BCUT2D eigenvalue weighted by molar-refractivity contribution is 6.03. The predicted molar refractivity (Wildman–Crippen MR) is 149 cm³/mol. The third-order valence-corrected chi connectivity index (χ3v) is 7.53. The summed E-state index contributed by atoms with van der Waals surface area (Å²) in [5, 5.41) is 0.489. The number of hydrogen-bond acceptors (Lipinski definition) is 8. The quantitative estimate of drug-likeness (QED) is 0.379. The summed E-state index contributed by atoms with van der Waals surface area (Å²) in [5.41, 5.74) is 8.11. The summed E-state index contributed by atoms with van der Waals surface area (Å²) >= 11 is 0. The molecular formula is C28H28N8O4. The highest BCUT2D eigenvalue weighted by atomic mass is 16.5. The van der Waals surface area contributed by atoms with Crippen molar-refractivity contribution < 1.29 is 14.3 Å². The fourth-order valence-corrected chi connectivity index (χ4v) is 5.51. The number of ether oxygens (including phenoxy) is 1. The number of amides is 3. The molecule has 2 aliphatic heterocycles. The fourth-order valence-electron chi connectivity index (χ4n) is 5.51. The number of fused-ring (bicyclic) bond motifs is 2. The second kappa shape index (κ2) is 10.3. The summed E-state index contributed by atoms with van der Waals surface area (Å²) in [4.78, 5) is 59.2. The number of piperidine rings is 1. The number of aromatic amines is 1. The van der Waals surface area contributed by atoms with Gasteiger partial charge in [-0.2, -0.15) is 0 Å². The van der Waals surface area contributed by atoms with E-state index in [1.54, 1.807) is 30.3 Å². The lowest BCUT2D eigenvalue weighted by Gasteiger charge is -2.40. The lowest BCUT2D eigenvalue weighted by molar-refractivity contribution is 0.0995. The molecule has 0 unspecified atom stereocenters. The maximum atomic E-state index is 13.9. The fraction of sp³-hybridized carbons (Fsp3) is 0.286. The standard InChI is InChI=1S/C28H28N8O4/c1-40-20-2-3-23-18(12-20)15-35(28(39)36(23)19-4-8-30-22(13-19)25(29)37)14-17-6-10-34(11-7-17)26-24-21(5-9-31-26)32-16-33-27(24)38/h2-5,8-9,12-13,16-17H,6-7,10-11,14-15H2,1H3,(H2,29,37)(H,32,33,38). The molecule has 0 radical (unpaired) electrons. The average molecular weight is 541 g/mol. The third kappa shape index (κ3) is 4.57. The van der Waals surface area contributed by atoms with Gasteiger partial charge < -0.3 is 25.3 Å². The summed E-state index contributed by atoms with van der Waals surface area (Å²) in [6.07, 6.45) is 6.19. The van der Waals surface area contributed by atoms with Crippen LogP contribution < -0.4 is 25.8 Å². The van der Waals surface area contributed by atoms with Crippen molar-refractivity contribution in [3.63, 3.8) is 0 Å². The highest BCUT2D eigenvalue weighted by Gasteiger charge is 2.34. The number of methoxy groups -OCH3 is 1. The normalized spacial score (nSPS) is 15.8. The molecule has 3 aromatic heterocycles. The summed E-state index contributed by atoms with van der Waals surface area (Å²) in [7, 11) is 1.61. The summed E-state index contributed by atoms with van der Waals surface area (Å²) in [6.45, 7) is 2.39. The van der Waals surface area contributed by atoms with Gasteiger partial charge in [0.15, 0.2) is 0 Å². The number of H-pyrrole nitrogens is 1. The minimum absolute atomic E-state index is 0.0842. The van der Waals surface area contributed by atoms with Crippen molar-refractivity contribution in [1.82, 2.24) is 24.8 Å². The first-order chi connectivity index (χ1) is 19.4. The molecule has 5 heterocycles. The Labute approximate surface area is 229 Å². The van der Waals surface area contributed by atoms with E-state index in [2.05, 4.69) is 24.8 Å². The van der Waals surface area contributed by atoms with E-state index in [4.69, 9.17) is 10.5 Å². The van der Waals surface area contributed by atoms with E-state index in [9.17, 15) is 14.4 Å². The number of primary amides is 1. The van der Waals surface area contributed by atoms with Gasteiger partial charge in [-0.3, -0.25) is 19.5 Å². The number of nitrogens with one attached hydrogen (secondary N) is 1. The summed E-state index contributed by atoms with van der Waals surface area (Å²) in [5.74, 6) is 0.915. The van der Waals surface area contributed by atoms with E-state index in [1.165, 1.54) is 18.6 Å². The SMILES string of the molecule is COc1ccc2c(c1)CN(CC1CCN(c3nccc4nc[nH]c(=O)c34)CC1)C(=O)N2c1ccnc(C(N)=O)c1. The van der Waals surface area contributed by atoms with Crippen molar-refractivity contribution in [2.45, 2.75) is 19.4 Å². The van der Waals surface area contributed by atoms with Gasteiger partial charge in [0.25, 0.3) is 11.5 Å². The van der Waals surface area contributed by atoms with E-state index < -0.39 is 5.91 Å². The van der Waals surface area contributed by atoms with Gasteiger partial charge in [-0.05, 0) is 60.7 Å². The number of rotatable bonds is 6. The molecule has 4 aromatic rings. The Morgan fingerprint density at radius 2 is 1.88 bits per heavy atom. The van der Waals surface area contributed by atoms with Gasteiger partial charge in [0.2, 0.25) is 0 Å². The van der Waals surface area contributed by atoms with Crippen LogP contribution in [0.5, 0.6) is 5.75 Å². The van der Waals surface area contributed by atoms with E-state index in [0.717, 1.165) is 24.1 Å². The van der Waals surface area contributed by atoms with Gasteiger partial charge in [-0.1, -0.05) is 0 Å². The van der Waals surface area contributed by atoms with Gasteiger partial charge in [-0.25, -0.2) is 14.8 Å². The number of anilines is 3. The molecule has 0 atom stereocenters. The molecule has 6 rings (SSSR count). The highest BCUT2D eigenvalue weighted by Crippen LogP contribution is 2.38. The topological polar surface area (TPSA) is 151 Å². The second-order valence-corrected chi connectivity index (χ2v) is 9.95. The van der Waals surface area contributed by atoms with E-state index in [1.807, 2.05) is 23.1 Å². The van der Waals surface area contributed by atoms with Crippen LogP contribution in [0, 0.1) is 5.92 Å². The molecule has 12 heteroatoms. The maximum Gasteiger partial charge on any atom is 0.329 e. The molecule has 2 aliphatic rings. The monoisotopic (exact) mass is 540 g/mol. The van der Waals surface area contributed by atoms with Crippen molar-refractivity contribution in [3.8, 4) is 5.75 Å². The molecule has 3 N–H and O–H groups in total. The van der Waals surface area contributed by atoms with Gasteiger partial charge in [0.1, 0.15) is 22.6 Å². The average Bonchev–Trinajstić information content (AvgIpc) is 2.97. The van der Waals surface area contributed by atoms with Crippen LogP contribution >= 0.6 is 0 Å². The molecule has 0 saturated carbocycles. The zero-order valence-electron chi connectivity index (χ0n) is 21.9. The van der Waals surface area contributed by atoms with Crippen LogP contribution in [-0.4, -0.2) is 63.5 Å². The Hall–Kier alpha value is -5.00. The number of pyridine rings is 2. The van der Waals surface area contributed by atoms with Crippen LogP contribution in [0.2, 0.25) is 0 Å². The Morgan fingerprint density at radius 1 is 1.07 bits per heavy atom. The third-order valence-electron chi connectivity index (χ3n) is 7.53. The zero-order chi connectivity index (χ0) is 27.8. The predicted octanol–water partition coefficient (Wildman–Crippen LogP) is 2.81. The molecule has 0 spiro atoms. The van der Waals surface area contributed by atoms with Gasteiger partial charge in [0.05, 0.1) is 30.3 Å². The van der Waals surface area contributed by atoms with Gasteiger partial charge in [0, 0.05) is 38.6 Å². The number of carbonyl (C=O) groups is 2. The number of aromatic nitrogens is 4. The Kier molecular flexibility index (Phi) is 6.50. The summed E-state index contributed by atoms with van der Waals surface area (Å²) < 4.78 is 5.44. The summed E-state index contributed by atoms with van der Waals surface area (Å²) in [6, 6.07) is 10.4. The zero-order valence-corrected chi connectivity index (χ0v) is 21.9. The van der Waals surface area contributed by atoms with Crippen molar-refractivity contribution in [2.24, 2.45) is 11.7 Å². The smallest absolute Gasteiger partial charge is 0.329 e. The molecule has 0 aliphatic carbocycles. The first-order valence-electron chi connectivity index (χ1n) is 13.0. The minimum atomic E-state index is -0.664. The number of benzene rings is 1. The molecule has 12 nitrogen and oxygen atoms in total. The molecule has 1 aromatic carbocycles. The Balaban J connectivity index is 1.24. The Bertz CT molecular complexity index is 1660. The van der Waals surface area contributed by atoms with Crippen LogP contribution in [0.15, 0.2) is 59.9 Å². The molecular weight excluding hydrogens is 512 g/mol. The molecule has 40 heavy (non-hydrogen) atoms. The minimum Gasteiger partial charge on any atom is -0.497 e. The van der Waals surface area contributed by atoms with Crippen LogP contribution in [0.4, 0.5) is 22.0 Å². The number of urea groups is 1. The number of nitrogens with zero attached hydrogens (tertiary/aromatic N) is 6. The van der Waals surface area contributed by atoms with Gasteiger partial charge in [-0.15, -0.1) is 0 Å². The van der Waals surface area contributed by atoms with Crippen molar-refractivity contribution >= 4 is 40.0 Å². The first-order valence-corrected chi connectivity index (χ1v) is 13.0. The largest absolute Gasteiger partial charge is 0.497 e. The van der Waals surface area contributed by atoms with E-state index in [0.29, 0.717) is 54.3 Å². The first kappa shape index (κ1) is 25.3. The molecule has 0 bridgehead atoms. The van der Waals surface area contributed by atoms with Crippen molar-refractivity contribution in [1.29, 1.82) is 0 Å². The lowest BCUT2D eigenvalue weighted by Crippen LogP contribution is -2.48. The van der Waals surface area contributed by atoms with Crippen LogP contribution in [0.1, 0.15) is 28.9 Å². The van der Waals surface area contributed by atoms with Crippen LogP contribution in [-0.2, 0) is 6.54 Å².